The first-order chi connectivity index (χ1) is 14.1. The summed E-state index contributed by atoms with van der Waals surface area (Å²) in [6, 6.07) is 24.8. The molecule has 0 heterocycles. The molecule has 0 radical (unpaired) electrons. The number of carbonyl (C=O) groups is 1. The lowest BCUT2D eigenvalue weighted by Crippen LogP contribution is -2.27. The van der Waals surface area contributed by atoms with Crippen molar-refractivity contribution in [2.45, 2.75) is 12.8 Å². The lowest BCUT2D eigenvalue weighted by molar-refractivity contribution is 0.257. The van der Waals surface area contributed by atoms with Crippen LogP contribution in [-0.2, 0) is 0 Å². The summed E-state index contributed by atoms with van der Waals surface area (Å²) in [7, 11) is 0. The molecule has 0 atom stereocenters. The van der Waals surface area contributed by atoms with Crippen LogP contribution in [0.4, 0.5) is 10.5 Å². The number of hydrogen-bond acceptors (Lipinski definition) is 4. The van der Waals surface area contributed by atoms with E-state index in [4.69, 9.17) is 15.2 Å². The Morgan fingerprint density at radius 1 is 0.793 bits per heavy atom. The smallest absolute Gasteiger partial charge is 0.329 e. The van der Waals surface area contributed by atoms with Crippen molar-refractivity contribution >= 4 is 24.5 Å². The van der Waals surface area contributed by atoms with Crippen LogP contribution < -0.4 is 19.5 Å². The van der Waals surface area contributed by atoms with Gasteiger partial charge in [-0.25, -0.2) is 9.10 Å². The Kier molecular flexibility index (Phi) is 7.41. The quantitative estimate of drug-likeness (QED) is 0.372. The van der Waals surface area contributed by atoms with Crippen LogP contribution in [0.15, 0.2) is 78.9 Å². The van der Waals surface area contributed by atoms with Gasteiger partial charge in [0.15, 0.2) is 0 Å². The van der Waals surface area contributed by atoms with E-state index in [1.54, 1.807) is 18.2 Å². The zero-order valence-electron chi connectivity index (χ0n) is 16.0. The van der Waals surface area contributed by atoms with E-state index in [-0.39, 0.29) is 0 Å². The second kappa shape index (κ2) is 10.4. The first-order valence-electron chi connectivity index (χ1n) is 9.43. The first kappa shape index (κ1) is 20.6. The number of nitrogens with zero attached hydrogens (tertiary/aromatic N) is 1. The van der Waals surface area contributed by atoms with Gasteiger partial charge in [-0.1, -0.05) is 61.3 Å². The Hall–Kier alpha value is -3.12. The molecule has 0 aromatic heterocycles. The van der Waals surface area contributed by atoms with Crippen molar-refractivity contribution in [3.05, 3.63) is 78.9 Å². The SMILES string of the molecule is NC(=O)N(S)c1cccc(OCCCCOc2ccc(-c3ccccc3)cc2)c1. The minimum atomic E-state index is -0.639. The molecule has 3 aromatic rings. The van der Waals surface area contributed by atoms with Gasteiger partial charge in [-0.05, 0) is 48.2 Å². The number of ether oxygens (including phenoxy) is 2. The highest BCUT2D eigenvalue weighted by atomic mass is 32.1. The maximum Gasteiger partial charge on any atom is 0.329 e. The number of carbonyl (C=O) groups excluding carboxylic acids is 1. The van der Waals surface area contributed by atoms with Crippen LogP contribution in [-0.4, -0.2) is 19.2 Å². The summed E-state index contributed by atoms with van der Waals surface area (Å²) < 4.78 is 12.6. The van der Waals surface area contributed by atoms with E-state index in [1.165, 1.54) is 11.1 Å². The topological polar surface area (TPSA) is 64.8 Å². The summed E-state index contributed by atoms with van der Waals surface area (Å²) in [6.45, 7) is 1.18. The van der Waals surface area contributed by atoms with Crippen LogP contribution in [0.3, 0.4) is 0 Å². The largest absolute Gasteiger partial charge is 0.494 e. The maximum atomic E-state index is 11.2. The number of primary amides is 1. The number of unbranched alkanes of at least 4 members (excludes halogenated alkanes) is 1. The number of hydrogen-bond donors (Lipinski definition) is 2. The second-order valence-electron chi connectivity index (χ2n) is 6.44. The first-order valence-corrected chi connectivity index (χ1v) is 9.83. The second-order valence-corrected chi connectivity index (χ2v) is 6.84. The molecule has 0 saturated heterocycles. The third-order valence-electron chi connectivity index (χ3n) is 4.31. The van der Waals surface area contributed by atoms with Gasteiger partial charge in [0, 0.05) is 6.07 Å². The molecule has 0 aliphatic heterocycles. The molecule has 2 N–H and O–H groups in total. The Morgan fingerprint density at radius 2 is 1.41 bits per heavy atom. The predicted octanol–water partition coefficient (Wildman–Crippen LogP) is 5.32. The van der Waals surface area contributed by atoms with Crippen LogP contribution in [0.5, 0.6) is 11.5 Å². The summed E-state index contributed by atoms with van der Waals surface area (Å²) in [4.78, 5) is 11.2. The lowest BCUT2D eigenvalue weighted by atomic mass is 10.1. The zero-order valence-corrected chi connectivity index (χ0v) is 16.9. The zero-order chi connectivity index (χ0) is 20.5. The van der Waals surface area contributed by atoms with E-state index in [1.807, 2.05) is 36.4 Å². The maximum absolute atomic E-state index is 11.2. The van der Waals surface area contributed by atoms with Gasteiger partial charge < -0.3 is 15.2 Å². The van der Waals surface area contributed by atoms with Crippen LogP contribution in [0.1, 0.15) is 12.8 Å². The number of amides is 2. The van der Waals surface area contributed by atoms with Crippen molar-refractivity contribution in [2.24, 2.45) is 5.73 Å². The average Bonchev–Trinajstić information content (AvgIpc) is 2.77. The van der Waals surface area contributed by atoms with Gasteiger partial charge in [0.05, 0.1) is 18.9 Å². The molecular weight excluding hydrogens is 384 g/mol. The summed E-state index contributed by atoms with van der Waals surface area (Å²) in [5.74, 6) is 1.53. The molecule has 0 fully saturated rings. The average molecular weight is 409 g/mol. The van der Waals surface area contributed by atoms with Crippen molar-refractivity contribution in [3.8, 4) is 22.6 Å². The number of urea groups is 1. The number of thiol groups is 1. The number of anilines is 1. The molecule has 0 aliphatic carbocycles. The van der Waals surface area contributed by atoms with Crippen molar-refractivity contribution in [1.82, 2.24) is 0 Å². The molecule has 6 heteroatoms. The van der Waals surface area contributed by atoms with E-state index in [2.05, 4.69) is 37.1 Å². The van der Waals surface area contributed by atoms with E-state index in [9.17, 15) is 4.79 Å². The molecule has 2 amide bonds. The third kappa shape index (κ3) is 6.19. The van der Waals surface area contributed by atoms with Crippen molar-refractivity contribution in [1.29, 1.82) is 0 Å². The summed E-state index contributed by atoms with van der Waals surface area (Å²) in [6.07, 6.45) is 1.73. The standard InChI is InChI=1S/C23H24N2O3S/c24-23(26)25(29)20-9-6-10-22(17-20)28-16-5-4-15-27-21-13-11-19(12-14-21)18-7-2-1-3-8-18/h1-3,6-14,17,29H,4-5,15-16H2,(H2,24,26). The van der Waals surface area contributed by atoms with Gasteiger partial charge in [-0.15, -0.1) is 0 Å². The van der Waals surface area contributed by atoms with Crippen LogP contribution in [0.25, 0.3) is 11.1 Å². The van der Waals surface area contributed by atoms with Crippen molar-refractivity contribution in [2.75, 3.05) is 17.5 Å². The summed E-state index contributed by atoms with van der Waals surface area (Å²) in [5, 5.41) is 0. The fourth-order valence-corrected chi connectivity index (χ4v) is 2.92. The van der Waals surface area contributed by atoms with Gasteiger partial charge in [0.1, 0.15) is 11.5 Å². The van der Waals surface area contributed by atoms with E-state index < -0.39 is 6.03 Å². The van der Waals surface area contributed by atoms with Crippen LogP contribution in [0, 0.1) is 0 Å². The molecule has 0 bridgehead atoms. The van der Waals surface area contributed by atoms with Gasteiger partial charge in [0.2, 0.25) is 0 Å². The highest BCUT2D eigenvalue weighted by Gasteiger charge is 2.08. The summed E-state index contributed by atoms with van der Waals surface area (Å²) >= 11 is 4.05. The molecule has 3 aromatic carbocycles. The lowest BCUT2D eigenvalue weighted by Gasteiger charge is -2.14. The fourth-order valence-electron chi connectivity index (χ4n) is 2.79. The predicted molar refractivity (Wildman–Crippen MR) is 120 cm³/mol. The number of benzene rings is 3. The summed E-state index contributed by atoms with van der Waals surface area (Å²) in [5.41, 5.74) is 8.15. The molecule has 3 rings (SSSR count). The highest BCUT2D eigenvalue weighted by molar-refractivity contribution is 7.82. The normalized spacial score (nSPS) is 10.4. The van der Waals surface area contributed by atoms with Gasteiger partial charge in [-0.2, -0.15) is 0 Å². The highest BCUT2D eigenvalue weighted by Crippen LogP contribution is 2.23. The fraction of sp³-hybridized carbons (Fsp3) is 0.174. The Balaban J connectivity index is 1.37. The van der Waals surface area contributed by atoms with E-state index in [0.717, 1.165) is 22.9 Å². The molecule has 0 spiro atoms. The molecule has 0 aliphatic rings. The van der Waals surface area contributed by atoms with Gasteiger partial charge in [-0.3, -0.25) is 0 Å². The Bertz CT molecular complexity index is 917. The molecule has 5 nitrogen and oxygen atoms in total. The number of nitrogens with two attached hydrogens (primary N) is 1. The minimum Gasteiger partial charge on any atom is -0.494 e. The minimum absolute atomic E-state index is 0.558. The molecular formula is C23H24N2O3S. The molecule has 0 unspecified atom stereocenters. The van der Waals surface area contributed by atoms with E-state index in [0.29, 0.717) is 24.7 Å². The Morgan fingerprint density at radius 3 is 2.07 bits per heavy atom. The Labute approximate surface area is 176 Å². The van der Waals surface area contributed by atoms with Gasteiger partial charge in [0.25, 0.3) is 0 Å². The van der Waals surface area contributed by atoms with Crippen molar-refractivity contribution in [3.63, 3.8) is 0 Å². The van der Waals surface area contributed by atoms with Crippen LogP contribution in [0.2, 0.25) is 0 Å². The molecule has 29 heavy (non-hydrogen) atoms. The van der Waals surface area contributed by atoms with Crippen molar-refractivity contribution < 1.29 is 14.3 Å². The van der Waals surface area contributed by atoms with Crippen LogP contribution >= 0.6 is 12.8 Å². The molecule has 0 saturated carbocycles. The van der Waals surface area contributed by atoms with Gasteiger partial charge >= 0.3 is 6.03 Å². The molecule has 150 valence electrons. The van der Waals surface area contributed by atoms with E-state index >= 15 is 0 Å². The number of rotatable bonds is 9. The monoisotopic (exact) mass is 408 g/mol. The third-order valence-corrected chi connectivity index (χ3v) is 4.74.